The lowest BCUT2D eigenvalue weighted by Gasteiger charge is -2.29. The fourth-order valence-electron chi connectivity index (χ4n) is 3.54. The molecule has 2 aliphatic rings. The van der Waals surface area contributed by atoms with E-state index >= 15 is 0 Å². The van der Waals surface area contributed by atoms with Gasteiger partial charge in [0.25, 0.3) is 0 Å². The van der Waals surface area contributed by atoms with Crippen molar-refractivity contribution in [3.63, 3.8) is 0 Å². The number of carbonyl (C=O) groups excluding carboxylic acids is 1. The molecule has 1 aliphatic heterocycles. The molecule has 1 saturated carbocycles. The number of ether oxygens (including phenoxy) is 2. The summed E-state index contributed by atoms with van der Waals surface area (Å²) in [6.07, 6.45) is 5.16. The van der Waals surface area contributed by atoms with E-state index < -0.39 is 0 Å². The first-order valence-corrected chi connectivity index (χ1v) is 9.38. The number of amides is 1. The van der Waals surface area contributed by atoms with E-state index in [4.69, 9.17) is 9.47 Å². The van der Waals surface area contributed by atoms with Crippen molar-refractivity contribution in [2.45, 2.75) is 44.7 Å². The molecule has 0 spiro atoms. The van der Waals surface area contributed by atoms with E-state index in [-0.39, 0.29) is 12.7 Å². The fraction of sp³-hybridized carbons (Fsp3) is 0.421. The maximum absolute atomic E-state index is 12.9. The van der Waals surface area contributed by atoms with Crippen LogP contribution in [-0.4, -0.2) is 23.6 Å². The Balaban J connectivity index is 1.52. The van der Waals surface area contributed by atoms with Crippen LogP contribution >= 0.6 is 11.3 Å². The van der Waals surface area contributed by atoms with Crippen molar-refractivity contribution >= 4 is 17.2 Å². The minimum Gasteiger partial charge on any atom is -0.454 e. The molecule has 0 bridgehead atoms. The molecular formula is C19H21NO3S. The zero-order valence-corrected chi connectivity index (χ0v) is 14.4. The van der Waals surface area contributed by atoms with Gasteiger partial charge in [-0.25, -0.2) is 0 Å². The van der Waals surface area contributed by atoms with Gasteiger partial charge in [-0.1, -0.05) is 25.0 Å². The molecule has 1 fully saturated rings. The molecule has 24 heavy (non-hydrogen) atoms. The summed E-state index contributed by atoms with van der Waals surface area (Å²) in [6, 6.07) is 10.4. The molecule has 2 heterocycles. The topological polar surface area (TPSA) is 38.8 Å². The Morgan fingerprint density at radius 3 is 2.79 bits per heavy atom. The third-order valence-electron chi connectivity index (χ3n) is 4.78. The highest BCUT2D eigenvalue weighted by molar-refractivity contribution is 7.10. The normalized spacial score (nSPS) is 16.5. The van der Waals surface area contributed by atoms with Gasteiger partial charge in [0.2, 0.25) is 12.7 Å². The first-order valence-electron chi connectivity index (χ1n) is 8.50. The average Bonchev–Trinajstić information content (AvgIpc) is 3.33. The monoisotopic (exact) mass is 343 g/mol. The lowest BCUT2D eigenvalue weighted by molar-refractivity contribution is -0.133. The number of nitrogens with zero attached hydrogens (tertiary/aromatic N) is 1. The first kappa shape index (κ1) is 15.5. The lowest BCUT2D eigenvalue weighted by atomic mass is 10.1. The predicted octanol–water partition coefficient (Wildman–Crippen LogP) is 3.99. The van der Waals surface area contributed by atoms with Crippen molar-refractivity contribution in [1.82, 2.24) is 4.90 Å². The molecule has 0 atom stereocenters. The Hall–Kier alpha value is -2.01. The van der Waals surface area contributed by atoms with Gasteiger partial charge in [0.1, 0.15) is 0 Å². The van der Waals surface area contributed by atoms with Crippen LogP contribution in [0.15, 0.2) is 35.7 Å². The van der Waals surface area contributed by atoms with Crippen LogP contribution in [-0.2, 0) is 17.8 Å². The van der Waals surface area contributed by atoms with Crippen molar-refractivity contribution in [2.24, 2.45) is 0 Å². The minimum atomic E-state index is 0.224. The second-order valence-electron chi connectivity index (χ2n) is 6.40. The highest BCUT2D eigenvalue weighted by atomic mass is 32.1. The Morgan fingerprint density at radius 1 is 1.17 bits per heavy atom. The van der Waals surface area contributed by atoms with Gasteiger partial charge >= 0.3 is 0 Å². The Kier molecular flexibility index (Phi) is 4.43. The average molecular weight is 343 g/mol. The highest BCUT2D eigenvalue weighted by Gasteiger charge is 2.27. The van der Waals surface area contributed by atoms with E-state index in [0.717, 1.165) is 34.8 Å². The summed E-state index contributed by atoms with van der Waals surface area (Å²) in [5.74, 6) is 1.79. The van der Waals surface area contributed by atoms with E-state index in [1.807, 2.05) is 35.7 Å². The maximum Gasteiger partial charge on any atom is 0.231 e. The number of rotatable bonds is 5. The molecule has 0 radical (unpaired) electrons. The highest BCUT2D eigenvalue weighted by Crippen LogP contribution is 2.34. The molecule has 1 amide bonds. The number of fused-ring (bicyclic) bond motifs is 1. The summed E-state index contributed by atoms with van der Waals surface area (Å²) in [6.45, 7) is 0.925. The van der Waals surface area contributed by atoms with Crippen molar-refractivity contribution in [3.8, 4) is 11.5 Å². The summed E-state index contributed by atoms with van der Waals surface area (Å²) >= 11 is 1.65. The first-order chi connectivity index (χ1) is 11.8. The smallest absolute Gasteiger partial charge is 0.231 e. The quantitative estimate of drug-likeness (QED) is 0.824. The molecule has 1 aromatic heterocycles. The second-order valence-corrected chi connectivity index (χ2v) is 7.44. The third kappa shape index (κ3) is 3.26. The van der Waals surface area contributed by atoms with Crippen LogP contribution in [0.25, 0.3) is 0 Å². The van der Waals surface area contributed by atoms with Gasteiger partial charge in [0.05, 0.1) is 6.42 Å². The summed E-state index contributed by atoms with van der Waals surface area (Å²) in [5, 5.41) is 2.03. The molecule has 2 aromatic rings. The van der Waals surface area contributed by atoms with Gasteiger partial charge in [-0.2, -0.15) is 0 Å². The molecule has 126 valence electrons. The van der Waals surface area contributed by atoms with Crippen LogP contribution in [0.5, 0.6) is 11.5 Å². The largest absolute Gasteiger partial charge is 0.454 e. The van der Waals surface area contributed by atoms with Gasteiger partial charge in [-0.05, 0) is 42.0 Å². The number of thiophene rings is 1. The molecule has 4 nitrogen and oxygen atoms in total. The van der Waals surface area contributed by atoms with Crippen molar-refractivity contribution in [2.75, 3.05) is 6.79 Å². The van der Waals surface area contributed by atoms with Crippen LogP contribution in [0.2, 0.25) is 0 Å². The molecule has 0 unspecified atom stereocenters. The van der Waals surface area contributed by atoms with Gasteiger partial charge in [-0.15, -0.1) is 11.3 Å². The molecule has 0 N–H and O–H groups in total. The zero-order chi connectivity index (χ0) is 16.4. The summed E-state index contributed by atoms with van der Waals surface area (Å²) in [5.41, 5.74) is 1.10. The summed E-state index contributed by atoms with van der Waals surface area (Å²) < 4.78 is 10.8. The van der Waals surface area contributed by atoms with Crippen LogP contribution in [0.3, 0.4) is 0 Å². The molecule has 4 rings (SSSR count). The molecular weight excluding hydrogens is 322 g/mol. The number of hydrogen-bond donors (Lipinski definition) is 0. The van der Waals surface area contributed by atoms with Crippen LogP contribution in [0.1, 0.15) is 36.1 Å². The number of carbonyl (C=O) groups is 1. The van der Waals surface area contributed by atoms with Crippen LogP contribution < -0.4 is 9.47 Å². The zero-order valence-electron chi connectivity index (χ0n) is 13.6. The fourth-order valence-corrected chi connectivity index (χ4v) is 4.23. The van der Waals surface area contributed by atoms with Crippen LogP contribution in [0.4, 0.5) is 0 Å². The van der Waals surface area contributed by atoms with Gasteiger partial charge in [-0.3, -0.25) is 4.79 Å². The van der Waals surface area contributed by atoms with Gasteiger partial charge < -0.3 is 14.4 Å². The molecule has 1 aromatic carbocycles. The third-order valence-corrected chi connectivity index (χ3v) is 5.66. The molecule has 0 saturated heterocycles. The van der Waals surface area contributed by atoms with E-state index in [0.29, 0.717) is 19.0 Å². The van der Waals surface area contributed by atoms with Crippen molar-refractivity contribution in [3.05, 3.63) is 46.2 Å². The van der Waals surface area contributed by atoms with E-state index in [1.165, 1.54) is 12.8 Å². The molecule has 5 heteroatoms. The standard InChI is InChI=1S/C19H21NO3S/c21-19(11-16-6-3-9-24-16)20(15-4-1-2-5-15)12-14-7-8-17-18(10-14)23-13-22-17/h3,6-10,15H,1-2,4-5,11-13H2. The maximum atomic E-state index is 12.9. The summed E-state index contributed by atoms with van der Waals surface area (Å²) in [4.78, 5) is 16.1. The number of hydrogen-bond acceptors (Lipinski definition) is 4. The van der Waals surface area contributed by atoms with E-state index in [1.54, 1.807) is 11.3 Å². The Bertz CT molecular complexity index is 707. The minimum absolute atomic E-state index is 0.224. The Morgan fingerprint density at radius 2 is 2.00 bits per heavy atom. The van der Waals surface area contributed by atoms with Crippen molar-refractivity contribution in [1.29, 1.82) is 0 Å². The summed E-state index contributed by atoms with van der Waals surface area (Å²) in [7, 11) is 0. The SMILES string of the molecule is O=C(Cc1cccs1)N(Cc1ccc2c(c1)OCO2)C1CCCC1. The molecule has 1 aliphatic carbocycles. The van der Waals surface area contributed by atoms with Crippen molar-refractivity contribution < 1.29 is 14.3 Å². The van der Waals surface area contributed by atoms with E-state index in [2.05, 4.69) is 4.90 Å². The van der Waals surface area contributed by atoms with Gasteiger partial charge in [0.15, 0.2) is 11.5 Å². The second kappa shape index (κ2) is 6.85. The number of benzene rings is 1. The predicted molar refractivity (Wildman–Crippen MR) is 93.4 cm³/mol. The Labute approximate surface area is 146 Å². The lowest BCUT2D eigenvalue weighted by Crippen LogP contribution is -2.39. The van der Waals surface area contributed by atoms with Gasteiger partial charge in [0, 0.05) is 17.5 Å². The van der Waals surface area contributed by atoms with E-state index in [9.17, 15) is 4.79 Å². The van der Waals surface area contributed by atoms with Crippen LogP contribution in [0, 0.1) is 0 Å².